The molecule has 90 valence electrons. The van der Waals surface area contributed by atoms with Gasteiger partial charge >= 0.3 is 0 Å². The van der Waals surface area contributed by atoms with Crippen LogP contribution in [0.25, 0.3) is 10.8 Å². The Labute approximate surface area is 108 Å². The van der Waals surface area contributed by atoms with E-state index in [1.165, 1.54) is 42.2 Å². The molecule has 0 saturated heterocycles. The van der Waals surface area contributed by atoms with E-state index in [9.17, 15) is 0 Å². The Kier molecular flexibility index (Phi) is 4.87. The van der Waals surface area contributed by atoms with E-state index in [2.05, 4.69) is 53.6 Å². The fraction of sp³-hybridized carbons (Fsp3) is 0.400. The third kappa shape index (κ3) is 3.74. The van der Waals surface area contributed by atoms with Gasteiger partial charge in [0.1, 0.15) is 0 Å². The molecule has 0 unspecified atom stereocenters. The summed E-state index contributed by atoms with van der Waals surface area (Å²) in [6.45, 7) is 2.26. The molecule has 0 radical (unpaired) electrons. The number of hydrogen-bond acceptors (Lipinski definition) is 1. The van der Waals surface area contributed by atoms with Gasteiger partial charge in [0.05, 0.1) is 5.75 Å². The summed E-state index contributed by atoms with van der Waals surface area (Å²) in [6.07, 6.45) is 9.74. The Hall–Kier alpha value is -1.02. The predicted molar refractivity (Wildman–Crippen MR) is 76.1 cm³/mol. The van der Waals surface area contributed by atoms with E-state index in [-0.39, 0.29) is 0 Å². The number of unbranched alkanes of at least 4 members (excludes halogenated alkanes) is 3. The quantitative estimate of drug-likeness (QED) is 0.545. The largest absolute Gasteiger partial charge is 0.191 e. The third-order valence-corrected chi connectivity index (χ3v) is 3.90. The molecule has 0 fully saturated rings. The zero-order valence-corrected chi connectivity index (χ0v) is 11.2. The molecule has 0 atom stereocenters. The summed E-state index contributed by atoms with van der Waals surface area (Å²) in [6, 6.07) is 10.7. The van der Waals surface area contributed by atoms with E-state index in [4.69, 9.17) is 0 Å². The van der Waals surface area contributed by atoms with Gasteiger partial charge in [0.2, 0.25) is 0 Å². The van der Waals surface area contributed by atoms with Gasteiger partial charge in [-0.2, -0.15) is 0 Å². The van der Waals surface area contributed by atoms with Gasteiger partial charge in [-0.1, -0.05) is 44.4 Å². The highest BCUT2D eigenvalue weighted by Crippen LogP contribution is 2.11. The number of hydrogen-bond donors (Lipinski definition) is 0. The number of benzene rings is 1. The molecule has 1 heterocycles. The normalized spacial score (nSPS) is 10.9. The maximum atomic E-state index is 2.26. The van der Waals surface area contributed by atoms with Crippen molar-refractivity contribution in [2.45, 2.75) is 32.6 Å². The Morgan fingerprint density at radius 2 is 1.82 bits per heavy atom. The second kappa shape index (κ2) is 6.65. The molecule has 0 bridgehead atoms. The average Bonchev–Trinajstić information content (AvgIpc) is 2.38. The van der Waals surface area contributed by atoms with E-state index in [1.807, 2.05) is 11.9 Å². The average molecular weight is 246 g/mol. The highest BCUT2D eigenvalue weighted by Gasteiger charge is 2.04. The lowest BCUT2D eigenvalue weighted by Crippen LogP contribution is -2.24. The van der Waals surface area contributed by atoms with Crippen molar-refractivity contribution < 1.29 is 3.97 Å². The van der Waals surface area contributed by atoms with Crippen LogP contribution in [0.2, 0.25) is 0 Å². The lowest BCUT2D eigenvalue weighted by Gasteiger charge is -1.97. The van der Waals surface area contributed by atoms with Crippen LogP contribution in [0.15, 0.2) is 42.7 Å². The van der Waals surface area contributed by atoms with Gasteiger partial charge in [0.25, 0.3) is 0 Å². The van der Waals surface area contributed by atoms with Gasteiger partial charge in [0, 0.05) is 11.5 Å². The first-order valence-corrected chi connectivity index (χ1v) is 7.38. The molecule has 2 aromatic rings. The van der Waals surface area contributed by atoms with Crippen molar-refractivity contribution in [3.05, 3.63) is 42.7 Å². The summed E-state index contributed by atoms with van der Waals surface area (Å²) in [5, 5.41) is 2.63. The van der Waals surface area contributed by atoms with Gasteiger partial charge in [-0.25, -0.2) is 0 Å². The molecule has 17 heavy (non-hydrogen) atoms. The third-order valence-electron chi connectivity index (χ3n) is 2.90. The van der Waals surface area contributed by atoms with Crippen LogP contribution in [0.5, 0.6) is 0 Å². The smallest absolute Gasteiger partial charge is 0.133 e. The van der Waals surface area contributed by atoms with E-state index in [0.29, 0.717) is 0 Å². The molecule has 0 amide bonds. The Balaban J connectivity index is 1.90. The molecule has 0 saturated carbocycles. The molecular formula is C15H20NS+. The van der Waals surface area contributed by atoms with Crippen molar-refractivity contribution in [3.8, 4) is 0 Å². The Bertz CT molecular complexity index is 467. The standard InChI is InChI=1S/C15H20NS/c1-2-3-4-7-12-17-16-11-10-14-8-5-6-9-15(14)13-16/h5-6,8-11,13H,2-4,7,12H2,1H3/q+1. The summed E-state index contributed by atoms with van der Waals surface area (Å²) < 4.78 is 2.23. The zero-order valence-electron chi connectivity index (χ0n) is 10.4. The number of fused-ring (bicyclic) bond motifs is 1. The van der Waals surface area contributed by atoms with Crippen LogP contribution in [-0.2, 0) is 0 Å². The van der Waals surface area contributed by atoms with Crippen molar-refractivity contribution >= 4 is 22.7 Å². The summed E-state index contributed by atoms with van der Waals surface area (Å²) in [5.41, 5.74) is 0. The first-order chi connectivity index (χ1) is 8.40. The van der Waals surface area contributed by atoms with Crippen molar-refractivity contribution in [3.63, 3.8) is 0 Å². The molecule has 0 N–H and O–H groups in total. The minimum atomic E-state index is 1.21. The predicted octanol–water partition coefficient (Wildman–Crippen LogP) is 4.20. The molecule has 0 spiro atoms. The number of rotatable bonds is 6. The highest BCUT2D eigenvalue weighted by molar-refractivity contribution is 7.92. The van der Waals surface area contributed by atoms with Crippen LogP contribution in [0, 0.1) is 0 Å². The monoisotopic (exact) mass is 246 g/mol. The SMILES string of the molecule is CCCCCCS[n+]1ccc2ccccc2c1. The maximum absolute atomic E-state index is 2.26. The van der Waals surface area contributed by atoms with E-state index in [0.717, 1.165) is 0 Å². The molecule has 1 aromatic heterocycles. The Morgan fingerprint density at radius 3 is 2.65 bits per heavy atom. The molecule has 0 aliphatic heterocycles. The van der Waals surface area contributed by atoms with Gasteiger partial charge < -0.3 is 0 Å². The first kappa shape index (κ1) is 12.4. The number of pyridine rings is 1. The second-order valence-electron chi connectivity index (χ2n) is 4.33. The lowest BCUT2D eigenvalue weighted by molar-refractivity contribution is -0.492. The van der Waals surface area contributed by atoms with Crippen molar-refractivity contribution in [1.29, 1.82) is 0 Å². The van der Waals surface area contributed by atoms with Gasteiger partial charge in [-0.15, -0.1) is 3.97 Å². The van der Waals surface area contributed by atoms with Crippen LogP contribution in [0.3, 0.4) is 0 Å². The van der Waals surface area contributed by atoms with Crippen molar-refractivity contribution in [1.82, 2.24) is 0 Å². The molecule has 0 aliphatic rings. The highest BCUT2D eigenvalue weighted by atomic mass is 32.2. The lowest BCUT2D eigenvalue weighted by atomic mass is 10.2. The molecule has 0 aliphatic carbocycles. The Morgan fingerprint density at radius 1 is 1.00 bits per heavy atom. The van der Waals surface area contributed by atoms with Crippen molar-refractivity contribution in [2.24, 2.45) is 0 Å². The molecule has 2 heteroatoms. The minimum absolute atomic E-state index is 1.21. The minimum Gasteiger partial charge on any atom is -0.133 e. The fourth-order valence-electron chi connectivity index (χ4n) is 1.89. The van der Waals surface area contributed by atoms with Gasteiger partial charge in [0.15, 0.2) is 24.3 Å². The molecular weight excluding hydrogens is 226 g/mol. The fourth-order valence-corrected chi connectivity index (χ4v) is 2.77. The summed E-state index contributed by atoms with van der Waals surface area (Å²) in [4.78, 5) is 0. The first-order valence-electron chi connectivity index (χ1n) is 6.43. The summed E-state index contributed by atoms with van der Waals surface area (Å²) in [5.74, 6) is 1.21. The van der Waals surface area contributed by atoms with Crippen LogP contribution >= 0.6 is 11.9 Å². The van der Waals surface area contributed by atoms with Gasteiger partial charge in [-0.3, -0.25) is 0 Å². The van der Waals surface area contributed by atoms with Crippen LogP contribution in [-0.4, -0.2) is 5.75 Å². The number of aromatic nitrogens is 1. The van der Waals surface area contributed by atoms with Gasteiger partial charge in [-0.05, 0) is 17.9 Å². The molecule has 1 nitrogen and oxygen atoms in total. The topological polar surface area (TPSA) is 3.88 Å². The molecule has 1 aromatic carbocycles. The number of nitrogens with zero attached hydrogens (tertiary/aromatic N) is 1. The second-order valence-corrected chi connectivity index (χ2v) is 5.42. The maximum Gasteiger partial charge on any atom is 0.191 e. The van der Waals surface area contributed by atoms with Crippen LogP contribution in [0.4, 0.5) is 0 Å². The van der Waals surface area contributed by atoms with E-state index < -0.39 is 0 Å². The summed E-state index contributed by atoms with van der Waals surface area (Å²) >= 11 is 1.90. The van der Waals surface area contributed by atoms with E-state index in [1.54, 1.807) is 0 Å². The summed E-state index contributed by atoms with van der Waals surface area (Å²) in [7, 11) is 0. The van der Waals surface area contributed by atoms with Crippen LogP contribution < -0.4 is 3.97 Å². The van der Waals surface area contributed by atoms with E-state index >= 15 is 0 Å². The van der Waals surface area contributed by atoms with Crippen LogP contribution in [0.1, 0.15) is 32.6 Å². The molecule has 2 rings (SSSR count). The van der Waals surface area contributed by atoms with Crippen molar-refractivity contribution in [2.75, 3.05) is 5.75 Å². The zero-order chi connectivity index (χ0) is 11.9.